The van der Waals surface area contributed by atoms with Crippen LogP contribution < -0.4 is 31.4 Å². The largest absolute Gasteiger partial charge is 0.497 e. The normalized spacial score (nSPS) is 19.8. The summed E-state index contributed by atoms with van der Waals surface area (Å²) in [5.41, 5.74) is 8.48. The van der Waals surface area contributed by atoms with Gasteiger partial charge in [0.25, 0.3) is 10.9 Å². The first-order valence-corrected chi connectivity index (χ1v) is 13.2. The van der Waals surface area contributed by atoms with E-state index in [4.69, 9.17) is 15.2 Å². The third kappa shape index (κ3) is 4.12. The zero-order chi connectivity index (χ0) is 26.3. The number of methoxy groups -OCH3 is 1. The summed E-state index contributed by atoms with van der Waals surface area (Å²) in [7, 11) is 1.70. The number of rotatable bonds is 9. The molecular weight excluding hydrogens is 482 g/mol. The molecule has 1 atom stereocenters. The van der Waals surface area contributed by atoms with E-state index in [1.165, 1.54) is 16.6 Å². The number of H-pyrrole nitrogens is 1. The predicted molar refractivity (Wildman–Crippen MR) is 149 cm³/mol. The predicted octanol–water partition coefficient (Wildman–Crippen LogP) is 2.30. The summed E-state index contributed by atoms with van der Waals surface area (Å²) in [6, 6.07) is 16.1. The number of anilines is 2. The number of hydrogen-bond donors (Lipinski definition) is 3. The molecule has 4 aromatic rings. The van der Waals surface area contributed by atoms with Gasteiger partial charge < -0.3 is 25.5 Å². The van der Waals surface area contributed by atoms with Gasteiger partial charge in [0.1, 0.15) is 29.5 Å². The van der Waals surface area contributed by atoms with Crippen LogP contribution >= 0.6 is 0 Å². The number of fused-ring (bicyclic) bond motifs is 4. The number of aromatic amines is 1. The second-order valence-corrected chi connectivity index (χ2v) is 10.2. The van der Waals surface area contributed by atoms with Gasteiger partial charge in [0.05, 0.1) is 12.6 Å². The Balaban J connectivity index is 1.24. The highest BCUT2D eigenvalue weighted by molar-refractivity contribution is 5.87. The van der Waals surface area contributed by atoms with Crippen molar-refractivity contribution < 1.29 is 9.47 Å². The number of ether oxygens (including phenoxy) is 2. The molecule has 0 radical (unpaired) electrons. The van der Waals surface area contributed by atoms with Gasteiger partial charge >= 0.3 is 0 Å². The highest BCUT2D eigenvalue weighted by atomic mass is 16.5. The molecule has 1 saturated heterocycles. The maximum atomic E-state index is 11.9. The maximum absolute atomic E-state index is 11.9. The lowest BCUT2D eigenvalue weighted by molar-refractivity contribution is 0.0781. The number of hydrogen-bond acceptors (Lipinski definition) is 8. The van der Waals surface area contributed by atoms with Crippen molar-refractivity contribution in [1.82, 2.24) is 14.8 Å². The van der Waals surface area contributed by atoms with E-state index in [-0.39, 0.29) is 16.9 Å². The minimum Gasteiger partial charge on any atom is -0.497 e. The smallest absolute Gasteiger partial charge is 0.253 e. The quantitative estimate of drug-likeness (QED) is 0.291. The van der Waals surface area contributed by atoms with Crippen molar-refractivity contribution in [3.63, 3.8) is 0 Å². The minimum atomic E-state index is -0.593. The molecule has 0 bridgehead atoms. The molecule has 2 aliphatic heterocycles. The Hall–Kier alpha value is -3.82. The molecule has 198 valence electrons. The van der Waals surface area contributed by atoms with Gasteiger partial charge in [0.2, 0.25) is 0 Å². The number of nitrogen functional groups attached to an aromatic ring is 1. The molecule has 0 amide bonds. The van der Waals surface area contributed by atoms with Gasteiger partial charge in [-0.3, -0.25) is 19.4 Å². The number of nitrogens with zero attached hydrogens (tertiary/aromatic N) is 2. The van der Waals surface area contributed by atoms with Crippen molar-refractivity contribution in [2.45, 2.75) is 18.4 Å². The Morgan fingerprint density at radius 3 is 2.68 bits per heavy atom. The number of benzene rings is 2. The van der Waals surface area contributed by atoms with Gasteiger partial charge in [-0.2, -0.15) is 0 Å². The van der Waals surface area contributed by atoms with Gasteiger partial charge in [-0.1, -0.05) is 18.2 Å². The number of para-hydroxylation sites is 1. The fourth-order valence-electron chi connectivity index (χ4n) is 6.19. The van der Waals surface area contributed by atoms with Crippen LogP contribution in [0.4, 0.5) is 11.4 Å². The highest BCUT2D eigenvalue weighted by Gasteiger charge is 2.48. The van der Waals surface area contributed by atoms with Crippen LogP contribution in [-0.4, -0.2) is 67.8 Å². The van der Waals surface area contributed by atoms with Crippen molar-refractivity contribution >= 4 is 22.3 Å². The molecule has 1 fully saturated rings. The topological polar surface area (TPSA) is 113 Å². The Bertz CT molecular complexity index is 1520. The van der Waals surface area contributed by atoms with Crippen LogP contribution in [0, 0.1) is 0 Å². The van der Waals surface area contributed by atoms with Crippen molar-refractivity contribution in [1.29, 1.82) is 0 Å². The lowest BCUT2D eigenvalue weighted by atomic mass is 9.84. The summed E-state index contributed by atoms with van der Waals surface area (Å²) in [5, 5.41) is 4.34. The number of likely N-dealkylation sites (tertiary alicyclic amines) is 1. The SMILES string of the molecule is COc1ccc2[nH]c3c(c2c1)CCN(CCNc1c(N)c(=O)c1=O)C31CCN(CCOc2ccccc2)C1. The molecule has 3 aromatic carbocycles. The molecule has 9 heteroatoms. The molecule has 2 aliphatic rings. The second-order valence-electron chi connectivity index (χ2n) is 10.2. The molecule has 9 nitrogen and oxygen atoms in total. The molecule has 0 aliphatic carbocycles. The first-order valence-electron chi connectivity index (χ1n) is 13.2. The van der Waals surface area contributed by atoms with Gasteiger partial charge in [-0.15, -0.1) is 0 Å². The van der Waals surface area contributed by atoms with E-state index in [0.717, 1.165) is 62.6 Å². The van der Waals surface area contributed by atoms with E-state index >= 15 is 0 Å². The summed E-state index contributed by atoms with van der Waals surface area (Å²) in [4.78, 5) is 32.1. The van der Waals surface area contributed by atoms with Crippen molar-refractivity contribution in [2.24, 2.45) is 0 Å². The average Bonchev–Trinajstić information content (AvgIpc) is 3.54. The van der Waals surface area contributed by atoms with Crippen LogP contribution in [0.15, 0.2) is 58.1 Å². The van der Waals surface area contributed by atoms with Gasteiger partial charge in [0, 0.05) is 55.9 Å². The Morgan fingerprint density at radius 1 is 1.05 bits per heavy atom. The van der Waals surface area contributed by atoms with Crippen LogP contribution in [0.3, 0.4) is 0 Å². The van der Waals surface area contributed by atoms with E-state index in [2.05, 4.69) is 32.2 Å². The van der Waals surface area contributed by atoms with E-state index in [0.29, 0.717) is 13.2 Å². The van der Waals surface area contributed by atoms with E-state index in [9.17, 15) is 9.59 Å². The summed E-state index contributed by atoms with van der Waals surface area (Å²) in [5.74, 6) is 1.74. The van der Waals surface area contributed by atoms with Gasteiger partial charge in [-0.05, 0) is 48.7 Å². The molecule has 1 unspecified atom stereocenters. The van der Waals surface area contributed by atoms with E-state index in [1.807, 2.05) is 36.4 Å². The number of nitrogens with one attached hydrogen (secondary N) is 2. The number of aromatic nitrogens is 1. The molecule has 4 N–H and O–H groups in total. The highest BCUT2D eigenvalue weighted by Crippen LogP contribution is 2.45. The van der Waals surface area contributed by atoms with Crippen LogP contribution in [0.25, 0.3) is 10.9 Å². The summed E-state index contributed by atoms with van der Waals surface area (Å²) < 4.78 is 11.5. The molecule has 1 aromatic heterocycles. The Kier molecular flexibility index (Phi) is 6.33. The van der Waals surface area contributed by atoms with Crippen LogP contribution in [0.1, 0.15) is 17.7 Å². The molecule has 6 rings (SSSR count). The Morgan fingerprint density at radius 2 is 1.89 bits per heavy atom. The molecule has 38 heavy (non-hydrogen) atoms. The lowest BCUT2D eigenvalue weighted by Crippen LogP contribution is -2.54. The molecular formula is C29H33N5O4. The Labute approximate surface area is 220 Å². The number of nitrogens with two attached hydrogens (primary N) is 1. The first-order chi connectivity index (χ1) is 18.5. The maximum Gasteiger partial charge on any atom is 0.253 e. The summed E-state index contributed by atoms with van der Waals surface area (Å²) >= 11 is 0. The monoisotopic (exact) mass is 515 g/mol. The van der Waals surface area contributed by atoms with E-state index in [1.54, 1.807) is 7.11 Å². The second kappa shape index (κ2) is 9.81. The van der Waals surface area contributed by atoms with Gasteiger partial charge in [-0.25, -0.2) is 0 Å². The third-order valence-electron chi connectivity index (χ3n) is 8.19. The average molecular weight is 516 g/mol. The zero-order valence-corrected chi connectivity index (χ0v) is 21.6. The minimum absolute atomic E-state index is 0.0423. The zero-order valence-electron chi connectivity index (χ0n) is 21.6. The fourth-order valence-corrected chi connectivity index (χ4v) is 6.19. The fraction of sp³-hybridized carbons (Fsp3) is 0.379. The molecule has 1 spiro atoms. The van der Waals surface area contributed by atoms with E-state index < -0.39 is 10.9 Å². The van der Waals surface area contributed by atoms with Crippen LogP contribution in [0.5, 0.6) is 11.5 Å². The molecule has 3 heterocycles. The van der Waals surface area contributed by atoms with Gasteiger partial charge in [0.15, 0.2) is 0 Å². The van der Waals surface area contributed by atoms with Crippen LogP contribution in [-0.2, 0) is 12.0 Å². The standard InChI is InChI=1S/C29H33N5O4/c1-37-20-7-8-23-22(17-20)21-9-12-34(14-11-31-25-24(30)26(35)27(25)36)29(28(21)32-23)10-13-33(18-29)15-16-38-19-5-3-2-4-6-19/h2-8,17,31-32H,9-16,18,30H2,1H3. The third-order valence-corrected chi connectivity index (χ3v) is 8.19. The lowest BCUT2D eigenvalue weighted by Gasteiger charge is -2.45. The summed E-state index contributed by atoms with van der Waals surface area (Å²) in [6.07, 6.45) is 1.90. The molecule has 0 saturated carbocycles. The van der Waals surface area contributed by atoms with Crippen molar-refractivity contribution in [2.75, 3.05) is 64.0 Å². The van der Waals surface area contributed by atoms with Crippen molar-refractivity contribution in [3.05, 3.63) is 80.2 Å². The van der Waals surface area contributed by atoms with Crippen molar-refractivity contribution in [3.8, 4) is 11.5 Å². The van der Waals surface area contributed by atoms with Crippen LogP contribution in [0.2, 0.25) is 0 Å². The first kappa shape index (κ1) is 24.5. The summed E-state index contributed by atoms with van der Waals surface area (Å²) in [6.45, 7) is 5.47.